The van der Waals surface area contributed by atoms with Crippen LogP contribution in [0.15, 0.2) is 35.5 Å². The van der Waals surface area contributed by atoms with Gasteiger partial charge >= 0.3 is 0 Å². The van der Waals surface area contributed by atoms with E-state index in [1.54, 1.807) is 4.68 Å². The van der Waals surface area contributed by atoms with Gasteiger partial charge in [0.05, 0.1) is 10.6 Å². The average Bonchev–Trinajstić information content (AvgIpc) is 2.75. The maximum atomic E-state index is 12.0. The number of nitrogens with zero attached hydrogens (tertiary/aromatic N) is 3. The molecule has 0 saturated heterocycles. The van der Waals surface area contributed by atoms with Crippen molar-refractivity contribution in [3.63, 3.8) is 0 Å². The number of sulfonamides is 1. The molecule has 8 heteroatoms. The van der Waals surface area contributed by atoms with Gasteiger partial charge in [0, 0.05) is 38.5 Å². The number of pyridine rings is 1. The SMILES string of the molecule is Cn1ccc(CCNS(=O)(=O)c2ccnc(N)c2)n1. The van der Waals surface area contributed by atoms with E-state index >= 15 is 0 Å². The molecule has 0 aliphatic carbocycles. The molecule has 0 aromatic carbocycles. The Balaban J connectivity index is 1.98. The van der Waals surface area contributed by atoms with Crippen LogP contribution in [0.2, 0.25) is 0 Å². The smallest absolute Gasteiger partial charge is 0.240 e. The van der Waals surface area contributed by atoms with E-state index in [1.807, 2.05) is 19.3 Å². The summed E-state index contributed by atoms with van der Waals surface area (Å²) in [4.78, 5) is 3.87. The highest BCUT2D eigenvalue weighted by molar-refractivity contribution is 7.89. The lowest BCUT2D eigenvalue weighted by Gasteiger charge is -2.06. The third-order valence-electron chi connectivity index (χ3n) is 2.50. The van der Waals surface area contributed by atoms with E-state index in [4.69, 9.17) is 5.73 Å². The van der Waals surface area contributed by atoms with E-state index in [-0.39, 0.29) is 17.3 Å². The van der Waals surface area contributed by atoms with Gasteiger partial charge in [-0.25, -0.2) is 18.1 Å². The number of rotatable bonds is 5. The molecule has 19 heavy (non-hydrogen) atoms. The topological polar surface area (TPSA) is 103 Å². The summed E-state index contributed by atoms with van der Waals surface area (Å²) in [5.41, 5.74) is 6.29. The zero-order chi connectivity index (χ0) is 13.9. The van der Waals surface area contributed by atoms with E-state index in [0.717, 1.165) is 5.69 Å². The first-order valence-electron chi connectivity index (χ1n) is 5.67. The van der Waals surface area contributed by atoms with Crippen LogP contribution in [0.5, 0.6) is 0 Å². The summed E-state index contributed by atoms with van der Waals surface area (Å²) in [6.07, 6.45) is 3.71. The van der Waals surface area contributed by atoms with E-state index in [1.165, 1.54) is 18.3 Å². The number of hydrogen-bond acceptors (Lipinski definition) is 5. The van der Waals surface area contributed by atoms with Gasteiger partial charge in [-0.15, -0.1) is 0 Å². The molecule has 7 nitrogen and oxygen atoms in total. The quantitative estimate of drug-likeness (QED) is 0.798. The largest absolute Gasteiger partial charge is 0.384 e. The Bertz CT molecular complexity index is 665. The molecule has 2 rings (SSSR count). The average molecular weight is 281 g/mol. The molecule has 2 heterocycles. The summed E-state index contributed by atoms with van der Waals surface area (Å²) in [6.45, 7) is 0.279. The van der Waals surface area contributed by atoms with Crippen molar-refractivity contribution in [2.24, 2.45) is 7.05 Å². The fraction of sp³-hybridized carbons (Fsp3) is 0.273. The molecule has 0 aliphatic heterocycles. The predicted octanol–water partition coefficient (Wildman–Crippen LogP) is -0.0817. The molecule has 0 atom stereocenters. The highest BCUT2D eigenvalue weighted by Gasteiger charge is 2.13. The number of hydrogen-bond donors (Lipinski definition) is 2. The van der Waals surface area contributed by atoms with Crippen molar-refractivity contribution >= 4 is 15.8 Å². The van der Waals surface area contributed by atoms with Crippen LogP contribution in [0.3, 0.4) is 0 Å². The van der Waals surface area contributed by atoms with Gasteiger partial charge in [-0.1, -0.05) is 0 Å². The van der Waals surface area contributed by atoms with Crippen molar-refractivity contribution < 1.29 is 8.42 Å². The maximum absolute atomic E-state index is 12.0. The summed E-state index contributed by atoms with van der Waals surface area (Å²) in [7, 11) is -1.74. The fourth-order valence-corrected chi connectivity index (χ4v) is 2.64. The first-order valence-corrected chi connectivity index (χ1v) is 7.15. The Hall–Kier alpha value is -1.93. The molecular formula is C11H15N5O2S. The monoisotopic (exact) mass is 281 g/mol. The maximum Gasteiger partial charge on any atom is 0.240 e. The van der Waals surface area contributed by atoms with Crippen LogP contribution in [-0.4, -0.2) is 29.7 Å². The molecule has 2 aromatic rings. The van der Waals surface area contributed by atoms with Crippen LogP contribution >= 0.6 is 0 Å². The van der Waals surface area contributed by atoms with Gasteiger partial charge in [-0.2, -0.15) is 5.10 Å². The van der Waals surface area contributed by atoms with Crippen LogP contribution in [0.25, 0.3) is 0 Å². The highest BCUT2D eigenvalue weighted by Crippen LogP contribution is 2.10. The summed E-state index contributed by atoms with van der Waals surface area (Å²) in [5, 5.41) is 4.17. The second kappa shape index (κ2) is 5.37. The second-order valence-electron chi connectivity index (χ2n) is 4.04. The van der Waals surface area contributed by atoms with E-state index in [0.29, 0.717) is 6.42 Å². The first kappa shape index (κ1) is 13.5. The van der Waals surface area contributed by atoms with Crippen molar-refractivity contribution in [1.82, 2.24) is 19.5 Å². The summed E-state index contributed by atoms with van der Waals surface area (Å²) in [5.74, 6) is 0.174. The van der Waals surface area contributed by atoms with Gasteiger partial charge in [0.25, 0.3) is 0 Å². The first-order chi connectivity index (χ1) is 8.97. The van der Waals surface area contributed by atoms with E-state index in [9.17, 15) is 8.42 Å². The van der Waals surface area contributed by atoms with Crippen molar-refractivity contribution in [1.29, 1.82) is 0 Å². The van der Waals surface area contributed by atoms with Crippen LogP contribution in [0.4, 0.5) is 5.82 Å². The Morgan fingerprint density at radius 3 is 2.84 bits per heavy atom. The molecule has 0 unspecified atom stereocenters. The molecule has 0 aliphatic rings. The van der Waals surface area contributed by atoms with Crippen molar-refractivity contribution in [3.8, 4) is 0 Å². The van der Waals surface area contributed by atoms with Gasteiger partial charge in [0.2, 0.25) is 10.0 Å². The Labute approximate surface area is 111 Å². The molecule has 0 bridgehead atoms. The molecule has 2 aromatic heterocycles. The van der Waals surface area contributed by atoms with Crippen molar-refractivity contribution in [3.05, 3.63) is 36.3 Å². The van der Waals surface area contributed by atoms with E-state index < -0.39 is 10.0 Å². The normalized spacial score (nSPS) is 11.6. The van der Waals surface area contributed by atoms with Crippen molar-refractivity contribution in [2.75, 3.05) is 12.3 Å². The lowest BCUT2D eigenvalue weighted by atomic mass is 10.3. The number of aryl methyl sites for hydroxylation is 1. The van der Waals surface area contributed by atoms with Crippen molar-refractivity contribution in [2.45, 2.75) is 11.3 Å². The fourth-order valence-electron chi connectivity index (χ4n) is 1.59. The molecule has 0 spiro atoms. The van der Waals surface area contributed by atoms with Gasteiger partial charge in [0.1, 0.15) is 5.82 Å². The zero-order valence-electron chi connectivity index (χ0n) is 10.4. The van der Waals surface area contributed by atoms with Gasteiger partial charge < -0.3 is 5.73 Å². The molecule has 0 saturated carbocycles. The minimum atomic E-state index is -3.55. The molecule has 0 amide bonds. The predicted molar refractivity (Wildman–Crippen MR) is 70.7 cm³/mol. The summed E-state index contributed by atoms with van der Waals surface area (Å²) >= 11 is 0. The van der Waals surface area contributed by atoms with Crippen LogP contribution in [-0.2, 0) is 23.5 Å². The lowest BCUT2D eigenvalue weighted by molar-refractivity contribution is 0.581. The third-order valence-corrected chi connectivity index (χ3v) is 3.96. The molecule has 102 valence electrons. The minimum Gasteiger partial charge on any atom is -0.384 e. The van der Waals surface area contributed by atoms with Gasteiger partial charge in [-0.3, -0.25) is 4.68 Å². The van der Waals surface area contributed by atoms with Crippen LogP contribution in [0, 0.1) is 0 Å². The van der Waals surface area contributed by atoms with Crippen LogP contribution < -0.4 is 10.5 Å². The highest BCUT2D eigenvalue weighted by atomic mass is 32.2. The van der Waals surface area contributed by atoms with E-state index in [2.05, 4.69) is 14.8 Å². The van der Waals surface area contributed by atoms with Gasteiger partial charge in [0.15, 0.2) is 0 Å². The minimum absolute atomic E-state index is 0.112. The summed E-state index contributed by atoms with van der Waals surface area (Å²) in [6, 6.07) is 4.57. The Morgan fingerprint density at radius 2 is 2.21 bits per heavy atom. The Kier molecular flexibility index (Phi) is 3.82. The zero-order valence-corrected chi connectivity index (χ0v) is 11.3. The molecule has 0 fully saturated rings. The Morgan fingerprint density at radius 1 is 1.42 bits per heavy atom. The van der Waals surface area contributed by atoms with Gasteiger partial charge in [-0.05, 0) is 12.1 Å². The number of nitrogens with two attached hydrogens (primary N) is 1. The number of nitrogen functional groups attached to an aromatic ring is 1. The molecular weight excluding hydrogens is 266 g/mol. The summed E-state index contributed by atoms with van der Waals surface area (Å²) < 4.78 is 28.1. The second-order valence-corrected chi connectivity index (χ2v) is 5.81. The molecule has 0 radical (unpaired) electrons. The lowest BCUT2D eigenvalue weighted by Crippen LogP contribution is -2.26. The number of nitrogens with one attached hydrogen (secondary N) is 1. The number of anilines is 1. The third kappa shape index (κ3) is 3.52. The van der Waals surface area contributed by atoms with Crippen LogP contribution in [0.1, 0.15) is 5.69 Å². The number of aromatic nitrogens is 3. The molecule has 3 N–H and O–H groups in total. The standard InChI is InChI=1S/C11H15N5O2S/c1-16-7-4-9(15-16)2-6-14-19(17,18)10-3-5-13-11(12)8-10/h3-5,7-8,14H,2,6H2,1H3,(H2,12,13).